The zero-order chi connectivity index (χ0) is 14.4. The highest BCUT2D eigenvalue weighted by Gasteiger charge is 2.37. The molecule has 2 heteroatoms. The first-order valence-corrected chi connectivity index (χ1v) is 8.53. The van der Waals surface area contributed by atoms with E-state index in [1.165, 1.54) is 11.1 Å². The zero-order valence-corrected chi connectivity index (χ0v) is 13.5. The van der Waals surface area contributed by atoms with Crippen LogP contribution in [0.25, 0.3) is 0 Å². The highest BCUT2D eigenvalue weighted by atomic mass is 32.1. The number of thiophene rings is 1. The van der Waals surface area contributed by atoms with E-state index < -0.39 is 0 Å². The topological polar surface area (TPSA) is 12.0 Å². The highest BCUT2D eigenvalue weighted by molar-refractivity contribution is 7.08. The standard InChI is InChI=1S/C18H25NS/c1-4-18(5-2,16-10-8-7-9-11-16)17(19-6-3)15-12-13-20-14-15/h7-14,17,19H,4-6H2,1-3H3. The number of hydrogen-bond acceptors (Lipinski definition) is 2. The average molecular weight is 287 g/mol. The van der Waals surface area contributed by atoms with Crippen molar-refractivity contribution in [3.63, 3.8) is 0 Å². The molecule has 1 aromatic carbocycles. The molecule has 0 bridgehead atoms. The van der Waals surface area contributed by atoms with Crippen LogP contribution in [0.5, 0.6) is 0 Å². The van der Waals surface area contributed by atoms with E-state index in [4.69, 9.17) is 0 Å². The molecule has 108 valence electrons. The van der Waals surface area contributed by atoms with Gasteiger partial charge >= 0.3 is 0 Å². The van der Waals surface area contributed by atoms with Crippen LogP contribution in [0.1, 0.15) is 50.8 Å². The lowest BCUT2D eigenvalue weighted by Crippen LogP contribution is -2.41. The number of rotatable bonds is 7. The maximum absolute atomic E-state index is 3.73. The molecule has 0 saturated carbocycles. The van der Waals surface area contributed by atoms with Gasteiger partial charge in [-0.1, -0.05) is 51.1 Å². The fraction of sp³-hybridized carbons (Fsp3) is 0.444. The summed E-state index contributed by atoms with van der Waals surface area (Å²) in [6, 6.07) is 13.6. The van der Waals surface area contributed by atoms with E-state index in [0.717, 1.165) is 19.4 Å². The molecule has 1 heterocycles. The van der Waals surface area contributed by atoms with E-state index >= 15 is 0 Å². The van der Waals surface area contributed by atoms with Gasteiger partial charge in [0.05, 0.1) is 0 Å². The molecule has 1 atom stereocenters. The first-order chi connectivity index (χ1) is 9.78. The Morgan fingerprint density at radius 2 is 1.75 bits per heavy atom. The van der Waals surface area contributed by atoms with Gasteiger partial charge in [-0.25, -0.2) is 0 Å². The van der Waals surface area contributed by atoms with Crippen LogP contribution >= 0.6 is 11.3 Å². The summed E-state index contributed by atoms with van der Waals surface area (Å²) in [5.41, 5.74) is 3.03. The van der Waals surface area contributed by atoms with E-state index in [1.807, 2.05) is 0 Å². The van der Waals surface area contributed by atoms with Crippen molar-refractivity contribution in [2.24, 2.45) is 0 Å². The predicted molar refractivity (Wildman–Crippen MR) is 89.4 cm³/mol. The Morgan fingerprint density at radius 1 is 1.05 bits per heavy atom. The smallest absolute Gasteiger partial charge is 0.0426 e. The quantitative estimate of drug-likeness (QED) is 0.742. The predicted octanol–water partition coefficient (Wildman–Crippen LogP) is 5.16. The van der Waals surface area contributed by atoms with Crippen LogP contribution in [0.2, 0.25) is 0 Å². The normalized spacial score (nSPS) is 13.3. The SMILES string of the molecule is CCNC(c1ccsc1)C(CC)(CC)c1ccccc1. The maximum Gasteiger partial charge on any atom is 0.0426 e. The molecular weight excluding hydrogens is 262 g/mol. The Labute approximate surface area is 127 Å². The monoisotopic (exact) mass is 287 g/mol. The molecule has 0 radical (unpaired) electrons. The Bertz CT molecular complexity index is 485. The summed E-state index contributed by atoms with van der Waals surface area (Å²) >= 11 is 1.79. The molecule has 0 spiro atoms. The third kappa shape index (κ3) is 2.82. The van der Waals surface area contributed by atoms with E-state index in [9.17, 15) is 0 Å². The number of hydrogen-bond donors (Lipinski definition) is 1. The van der Waals surface area contributed by atoms with E-state index in [1.54, 1.807) is 11.3 Å². The first-order valence-electron chi connectivity index (χ1n) is 7.59. The molecule has 1 nitrogen and oxygen atoms in total. The van der Waals surface area contributed by atoms with Crippen LogP contribution in [0.3, 0.4) is 0 Å². The largest absolute Gasteiger partial charge is 0.309 e. The molecule has 0 amide bonds. The lowest BCUT2D eigenvalue weighted by atomic mass is 9.68. The Balaban J connectivity index is 2.49. The van der Waals surface area contributed by atoms with Gasteiger partial charge in [0.1, 0.15) is 0 Å². The van der Waals surface area contributed by atoms with Gasteiger partial charge in [0, 0.05) is 11.5 Å². The lowest BCUT2D eigenvalue weighted by molar-refractivity contribution is 0.278. The van der Waals surface area contributed by atoms with Gasteiger partial charge in [0.2, 0.25) is 0 Å². The Hall–Kier alpha value is -1.12. The van der Waals surface area contributed by atoms with Crippen LogP contribution in [-0.2, 0) is 5.41 Å². The lowest BCUT2D eigenvalue weighted by Gasteiger charge is -2.41. The summed E-state index contributed by atoms with van der Waals surface area (Å²) in [6.07, 6.45) is 2.28. The van der Waals surface area contributed by atoms with Gasteiger partial charge < -0.3 is 5.32 Å². The van der Waals surface area contributed by atoms with E-state index in [0.29, 0.717) is 6.04 Å². The third-order valence-electron chi connectivity index (χ3n) is 4.45. The number of likely N-dealkylation sites (N-methyl/N-ethyl adjacent to an activating group) is 1. The molecule has 1 N–H and O–H groups in total. The molecule has 20 heavy (non-hydrogen) atoms. The molecule has 2 aromatic rings. The fourth-order valence-corrected chi connectivity index (χ4v) is 3.96. The fourth-order valence-electron chi connectivity index (χ4n) is 3.28. The molecule has 0 saturated heterocycles. The van der Waals surface area contributed by atoms with Crippen molar-refractivity contribution in [1.82, 2.24) is 5.32 Å². The number of benzene rings is 1. The van der Waals surface area contributed by atoms with Gasteiger partial charge in [0.25, 0.3) is 0 Å². The minimum absolute atomic E-state index is 0.165. The van der Waals surface area contributed by atoms with Crippen molar-refractivity contribution in [1.29, 1.82) is 0 Å². The van der Waals surface area contributed by atoms with Crippen molar-refractivity contribution in [3.8, 4) is 0 Å². The minimum Gasteiger partial charge on any atom is -0.309 e. The molecule has 1 aromatic heterocycles. The molecule has 0 fully saturated rings. The van der Waals surface area contributed by atoms with Crippen molar-refractivity contribution >= 4 is 11.3 Å². The highest BCUT2D eigenvalue weighted by Crippen LogP contribution is 2.43. The summed E-state index contributed by atoms with van der Waals surface area (Å²) in [4.78, 5) is 0. The van der Waals surface area contributed by atoms with Gasteiger partial charge in [-0.3, -0.25) is 0 Å². The zero-order valence-electron chi connectivity index (χ0n) is 12.7. The summed E-state index contributed by atoms with van der Waals surface area (Å²) < 4.78 is 0. The second kappa shape index (κ2) is 7.05. The number of nitrogens with one attached hydrogen (secondary N) is 1. The molecule has 2 rings (SSSR count). The Morgan fingerprint density at radius 3 is 2.25 bits per heavy atom. The molecule has 0 aliphatic heterocycles. The average Bonchev–Trinajstić information content (AvgIpc) is 3.03. The van der Waals surface area contributed by atoms with Crippen LogP contribution in [-0.4, -0.2) is 6.54 Å². The Kier molecular flexibility index (Phi) is 5.38. The van der Waals surface area contributed by atoms with Crippen LogP contribution in [0, 0.1) is 0 Å². The summed E-state index contributed by atoms with van der Waals surface area (Å²) in [6.45, 7) is 7.82. The van der Waals surface area contributed by atoms with Gasteiger partial charge in [-0.2, -0.15) is 11.3 Å². The second-order valence-corrected chi connectivity index (χ2v) is 6.06. The molecular formula is C18H25NS. The second-order valence-electron chi connectivity index (χ2n) is 5.28. The van der Waals surface area contributed by atoms with E-state index in [2.05, 4.69) is 73.2 Å². The van der Waals surface area contributed by atoms with Gasteiger partial charge in [-0.05, 0) is 47.3 Å². The van der Waals surface area contributed by atoms with Gasteiger partial charge in [0.15, 0.2) is 0 Å². The van der Waals surface area contributed by atoms with Crippen molar-refractivity contribution in [2.75, 3.05) is 6.54 Å². The third-order valence-corrected chi connectivity index (χ3v) is 5.15. The summed E-state index contributed by atoms with van der Waals surface area (Å²) in [7, 11) is 0. The van der Waals surface area contributed by atoms with Gasteiger partial charge in [-0.15, -0.1) is 0 Å². The van der Waals surface area contributed by atoms with Crippen molar-refractivity contribution in [3.05, 3.63) is 58.3 Å². The van der Waals surface area contributed by atoms with Crippen LogP contribution in [0.4, 0.5) is 0 Å². The first kappa shape index (κ1) is 15.3. The van der Waals surface area contributed by atoms with Crippen LogP contribution in [0.15, 0.2) is 47.2 Å². The molecule has 0 aliphatic rings. The van der Waals surface area contributed by atoms with Crippen molar-refractivity contribution < 1.29 is 0 Å². The molecule has 0 aliphatic carbocycles. The van der Waals surface area contributed by atoms with Crippen molar-refractivity contribution in [2.45, 2.75) is 45.1 Å². The summed E-state index contributed by atoms with van der Waals surface area (Å²) in [5.74, 6) is 0. The molecule has 1 unspecified atom stereocenters. The minimum atomic E-state index is 0.165. The maximum atomic E-state index is 3.73. The van der Waals surface area contributed by atoms with Crippen LogP contribution < -0.4 is 5.32 Å². The summed E-state index contributed by atoms with van der Waals surface area (Å²) in [5, 5.41) is 8.20. The van der Waals surface area contributed by atoms with E-state index in [-0.39, 0.29) is 5.41 Å².